The van der Waals surface area contributed by atoms with E-state index in [0.717, 1.165) is 19.2 Å². The van der Waals surface area contributed by atoms with E-state index in [2.05, 4.69) is 37.9 Å². The van der Waals surface area contributed by atoms with E-state index in [-0.39, 0.29) is 5.41 Å². The van der Waals surface area contributed by atoms with Gasteiger partial charge in [0.05, 0.1) is 0 Å². The van der Waals surface area contributed by atoms with E-state index in [9.17, 15) is 8.78 Å². The Morgan fingerprint density at radius 1 is 1.30 bits per heavy atom. The first-order valence-corrected chi connectivity index (χ1v) is 7.18. The van der Waals surface area contributed by atoms with Gasteiger partial charge in [0.1, 0.15) is 11.6 Å². The maximum Gasteiger partial charge on any atom is 0.130 e. The van der Waals surface area contributed by atoms with E-state index < -0.39 is 11.6 Å². The van der Waals surface area contributed by atoms with E-state index in [0.29, 0.717) is 24.2 Å². The predicted octanol–water partition coefficient (Wildman–Crippen LogP) is 3.17. The number of hydrogen-bond donors (Lipinski definition) is 1. The van der Waals surface area contributed by atoms with Crippen molar-refractivity contribution in [2.45, 2.75) is 46.3 Å². The van der Waals surface area contributed by atoms with Gasteiger partial charge in [0.2, 0.25) is 0 Å². The first kappa shape index (κ1) is 15.4. The van der Waals surface area contributed by atoms with Crippen LogP contribution in [0.15, 0.2) is 18.2 Å². The summed E-state index contributed by atoms with van der Waals surface area (Å²) >= 11 is 0. The molecule has 1 heterocycles. The van der Waals surface area contributed by atoms with Crippen molar-refractivity contribution >= 4 is 0 Å². The Bertz CT molecular complexity index is 468. The molecular formula is C16H24F2N2. The molecule has 0 amide bonds. The quantitative estimate of drug-likeness (QED) is 0.896. The van der Waals surface area contributed by atoms with E-state index in [4.69, 9.17) is 0 Å². The second kappa shape index (κ2) is 5.78. The molecule has 1 aromatic rings. The normalized spacial score (nSPS) is 24.9. The van der Waals surface area contributed by atoms with Crippen LogP contribution in [0, 0.1) is 17.0 Å². The number of nitrogens with zero attached hydrogens (tertiary/aromatic N) is 1. The van der Waals surface area contributed by atoms with Crippen LogP contribution in [-0.4, -0.2) is 30.1 Å². The van der Waals surface area contributed by atoms with Crippen LogP contribution in [0.2, 0.25) is 0 Å². The summed E-state index contributed by atoms with van der Waals surface area (Å²) in [5, 5.41) is 3.55. The molecule has 1 aromatic carbocycles. The average Bonchev–Trinajstić information content (AvgIpc) is 2.33. The van der Waals surface area contributed by atoms with Crippen molar-refractivity contribution in [3.05, 3.63) is 35.4 Å². The van der Waals surface area contributed by atoms with Gasteiger partial charge in [-0.25, -0.2) is 8.78 Å². The Morgan fingerprint density at radius 2 is 2.00 bits per heavy atom. The summed E-state index contributed by atoms with van der Waals surface area (Å²) in [7, 11) is 0. The standard InChI is InChI=1S/C16H24F2N2/c1-11-8-19-15(16(2,3)4)10-20(11)9-12-5-6-13(17)7-14(12)18/h5-7,11,15,19H,8-10H2,1-4H3. The fourth-order valence-corrected chi connectivity index (χ4v) is 2.59. The first-order chi connectivity index (χ1) is 9.27. The van der Waals surface area contributed by atoms with Crippen LogP contribution in [0.1, 0.15) is 33.3 Å². The Morgan fingerprint density at radius 3 is 2.60 bits per heavy atom. The molecule has 2 atom stereocenters. The van der Waals surface area contributed by atoms with Crippen molar-refractivity contribution in [1.29, 1.82) is 0 Å². The molecule has 0 aliphatic carbocycles. The maximum absolute atomic E-state index is 13.8. The van der Waals surface area contributed by atoms with Gasteiger partial charge in [-0.2, -0.15) is 0 Å². The molecule has 2 rings (SSSR count). The second-order valence-corrected chi connectivity index (χ2v) is 6.84. The Hall–Kier alpha value is -1.00. The van der Waals surface area contributed by atoms with Crippen LogP contribution >= 0.6 is 0 Å². The number of halogens is 2. The summed E-state index contributed by atoms with van der Waals surface area (Å²) in [6, 6.07) is 4.56. The zero-order valence-corrected chi connectivity index (χ0v) is 12.7. The SMILES string of the molecule is CC1CNC(C(C)(C)C)CN1Cc1ccc(F)cc1F. The molecule has 0 saturated carbocycles. The van der Waals surface area contributed by atoms with Gasteiger partial charge in [-0.05, 0) is 18.4 Å². The third-order valence-electron chi connectivity index (χ3n) is 4.13. The third-order valence-corrected chi connectivity index (χ3v) is 4.13. The van der Waals surface area contributed by atoms with E-state index in [1.165, 1.54) is 6.07 Å². The number of hydrogen-bond acceptors (Lipinski definition) is 2. The molecule has 0 aromatic heterocycles. The molecule has 112 valence electrons. The Kier molecular flexibility index (Phi) is 4.45. The van der Waals surface area contributed by atoms with Crippen LogP contribution in [0.4, 0.5) is 8.78 Å². The molecule has 1 aliphatic rings. The summed E-state index contributed by atoms with van der Waals surface area (Å²) in [5.74, 6) is -0.977. The minimum absolute atomic E-state index is 0.166. The fraction of sp³-hybridized carbons (Fsp3) is 0.625. The van der Waals surface area contributed by atoms with Gasteiger partial charge >= 0.3 is 0 Å². The fourth-order valence-electron chi connectivity index (χ4n) is 2.59. The highest BCUT2D eigenvalue weighted by Gasteiger charge is 2.32. The van der Waals surface area contributed by atoms with Crippen LogP contribution in [0.25, 0.3) is 0 Å². The van der Waals surface area contributed by atoms with Gasteiger partial charge in [0.15, 0.2) is 0 Å². The topological polar surface area (TPSA) is 15.3 Å². The number of rotatable bonds is 2. The van der Waals surface area contributed by atoms with Crippen molar-refractivity contribution < 1.29 is 8.78 Å². The third kappa shape index (κ3) is 3.55. The highest BCUT2D eigenvalue weighted by atomic mass is 19.1. The largest absolute Gasteiger partial charge is 0.311 e. The van der Waals surface area contributed by atoms with Crippen molar-refractivity contribution in [2.24, 2.45) is 5.41 Å². The van der Waals surface area contributed by atoms with Gasteiger partial charge < -0.3 is 5.32 Å². The van der Waals surface area contributed by atoms with Crippen LogP contribution in [-0.2, 0) is 6.54 Å². The maximum atomic E-state index is 13.8. The molecule has 20 heavy (non-hydrogen) atoms. The molecule has 1 saturated heterocycles. The summed E-state index contributed by atoms with van der Waals surface area (Å²) < 4.78 is 26.7. The smallest absolute Gasteiger partial charge is 0.130 e. The van der Waals surface area contributed by atoms with Gasteiger partial charge in [-0.3, -0.25) is 4.90 Å². The summed E-state index contributed by atoms with van der Waals surface area (Å²) in [4.78, 5) is 2.27. The minimum Gasteiger partial charge on any atom is -0.311 e. The highest BCUT2D eigenvalue weighted by molar-refractivity contribution is 5.18. The molecule has 1 N–H and O–H groups in total. The van der Waals surface area contributed by atoms with Gasteiger partial charge in [-0.15, -0.1) is 0 Å². The highest BCUT2D eigenvalue weighted by Crippen LogP contribution is 2.25. The van der Waals surface area contributed by atoms with Crippen LogP contribution < -0.4 is 5.32 Å². The van der Waals surface area contributed by atoms with Crippen LogP contribution in [0.3, 0.4) is 0 Å². The first-order valence-electron chi connectivity index (χ1n) is 7.18. The van der Waals surface area contributed by atoms with Gasteiger partial charge in [-0.1, -0.05) is 26.8 Å². The minimum atomic E-state index is -0.521. The predicted molar refractivity (Wildman–Crippen MR) is 77.5 cm³/mol. The molecule has 1 aliphatic heterocycles. The molecule has 0 spiro atoms. The Labute approximate surface area is 120 Å². The molecule has 2 unspecified atom stereocenters. The molecule has 1 fully saturated rings. The van der Waals surface area contributed by atoms with Gasteiger partial charge in [0, 0.05) is 43.3 Å². The molecular weight excluding hydrogens is 258 g/mol. The van der Waals surface area contributed by atoms with Crippen molar-refractivity contribution in [1.82, 2.24) is 10.2 Å². The van der Waals surface area contributed by atoms with Crippen molar-refractivity contribution in [2.75, 3.05) is 13.1 Å². The molecule has 2 nitrogen and oxygen atoms in total. The Balaban J connectivity index is 2.10. The molecule has 4 heteroatoms. The van der Waals surface area contributed by atoms with Crippen molar-refractivity contribution in [3.63, 3.8) is 0 Å². The van der Waals surface area contributed by atoms with Gasteiger partial charge in [0.25, 0.3) is 0 Å². The van der Waals surface area contributed by atoms with E-state index >= 15 is 0 Å². The lowest BCUT2D eigenvalue weighted by Crippen LogP contribution is -2.59. The average molecular weight is 282 g/mol. The monoisotopic (exact) mass is 282 g/mol. The van der Waals surface area contributed by atoms with Crippen LogP contribution in [0.5, 0.6) is 0 Å². The summed E-state index contributed by atoms with van der Waals surface area (Å²) in [6.07, 6.45) is 0. The lowest BCUT2D eigenvalue weighted by atomic mass is 9.84. The second-order valence-electron chi connectivity index (χ2n) is 6.84. The molecule has 0 radical (unpaired) electrons. The lowest BCUT2D eigenvalue weighted by molar-refractivity contribution is 0.0868. The lowest BCUT2D eigenvalue weighted by Gasteiger charge is -2.44. The number of nitrogens with one attached hydrogen (secondary N) is 1. The molecule has 0 bridgehead atoms. The van der Waals surface area contributed by atoms with E-state index in [1.807, 2.05) is 0 Å². The zero-order valence-electron chi connectivity index (χ0n) is 12.7. The zero-order chi connectivity index (χ0) is 14.9. The summed E-state index contributed by atoms with van der Waals surface area (Å²) in [5.41, 5.74) is 0.729. The van der Waals surface area contributed by atoms with Crippen molar-refractivity contribution in [3.8, 4) is 0 Å². The number of benzene rings is 1. The van der Waals surface area contributed by atoms with E-state index in [1.54, 1.807) is 6.07 Å². The summed E-state index contributed by atoms with van der Waals surface area (Å²) in [6.45, 7) is 11.0. The number of piperazine rings is 1.